The fourth-order valence-electron chi connectivity index (χ4n) is 1.38. The molecule has 0 aliphatic heterocycles. The van der Waals surface area contributed by atoms with Crippen LogP contribution in [0.25, 0.3) is 0 Å². The maximum atomic E-state index is 12.5. The summed E-state index contributed by atoms with van der Waals surface area (Å²) < 4.78 is 38.7. The van der Waals surface area contributed by atoms with Crippen LogP contribution in [0, 0.1) is 0 Å². The molecule has 0 spiro atoms. The highest BCUT2D eigenvalue weighted by Gasteiger charge is 2.39. The van der Waals surface area contributed by atoms with Crippen molar-refractivity contribution >= 4 is 11.6 Å². The summed E-state index contributed by atoms with van der Waals surface area (Å²) in [6.07, 6.45) is -5.71. The van der Waals surface area contributed by atoms with Crippen molar-refractivity contribution in [1.82, 2.24) is 9.78 Å². The van der Waals surface area contributed by atoms with Crippen LogP contribution in [-0.4, -0.2) is 14.9 Å². The van der Waals surface area contributed by atoms with Gasteiger partial charge in [-0.3, -0.25) is 4.68 Å². The van der Waals surface area contributed by atoms with E-state index >= 15 is 0 Å². The monoisotopic (exact) mass is 256 g/mol. The van der Waals surface area contributed by atoms with Gasteiger partial charge in [-0.25, -0.2) is 0 Å². The Morgan fingerprint density at radius 1 is 1.31 bits per heavy atom. The average molecular weight is 257 g/mol. The van der Waals surface area contributed by atoms with Gasteiger partial charge in [0.2, 0.25) is 0 Å². The van der Waals surface area contributed by atoms with Crippen LogP contribution in [0.3, 0.4) is 0 Å². The summed E-state index contributed by atoms with van der Waals surface area (Å²) in [4.78, 5) is 0. The predicted molar refractivity (Wildman–Crippen MR) is 53.3 cm³/mol. The van der Waals surface area contributed by atoms with Crippen molar-refractivity contribution in [1.29, 1.82) is 0 Å². The van der Waals surface area contributed by atoms with Gasteiger partial charge in [0, 0.05) is 6.04 Å². The Bertz CT molecular complexity index is 385. The Balaban J connectivity index is 3.42. The van der Waals surface area contributed by atoms with E-state index in [2.05, 4.69) is 5.10 Å². The minimum Gasteiger partial charge on any atom is -0.387 e. The quantitative estimate of drug-likeness (QED) is 0.882. The molecule has 1 N–H and O–H groups in total. The van der Waals surface area contributed by atoms with Gasteiger partial charge in [-0.2, -0.15) is 18.3 Å². The van der Waals surface area contributed by atoms with E-state index in [9.17, 15) is 18.3 Å². The van der Waals surface area contributed by atoms with E-state index < -0.39 is 23.0 Å². The smallest absolute Gasteiger partial charge is 0.387 e. The largest absolute Gasteiger partial charge is 0.436 e. The lowest BCUT2D eigenvalue weighted by molar-refractivity contribution is -0.141. The molecule has 1 rings (SSSR count). The van der Waals surface area contributed by atoms with Crippen molar-refractivity contribution < 1.29 is 18.3 Å². The molecule has 7 heteroatoms. The first-order valence-electron chi connectivity index (χ1n) is 4.69. The molecule has 3 nitrogen and oxygen atoms in total. The molecule has 0 amide bonds. The van der Waals surface area contributed by atoms with Gasteiger partial charge in [-0.1, -0.05) is 11.6 Å². The van der Waals surface area contributed by atoms with Crippen LogP contribution >= 0.6 is 11.6 Å². The lowest BCUT2D eigenvalue weighted by Gasteiger charge is -2.12. The van der Waals surface area contributed by atoms with Gasteiger partial charge in [0.15, 0.2) is 5.69 Å². The molecule has 0 aliphatic carbocycles. The van der Waals surface area contributed by atoms with E-state index in [4.69, 9.17) is 11.6 Å². The second kappa shape index (κ2) is 4.25. The van der Waals surface area contributed by atoms with Crippen LogP contribution < -0.4 is 0 Å². The highest BCUT2D eigenvalue weighted by molar-refractivity contribution is 6.32. The number of hydrogen-bond donors (Lipinski definition) is 1. The van der Waals surface area contributed by atoms with Crippen molar-refractivity contribution in [2.45, 2.75) is 39.1 Å². The first-order valence-corrected chi connectivity index (χ1v) is 5.07. The molecule has 0 saturated carbocycles. The summed E-state index contributed by atoms with van der Waals surface area (Å²) in [6.45, 7) is 4.67. The summed E-state index contributed by atoms with van der Waals surface area (Å²) in [5.74, 6) is 0. The number of aliphatic hydroxyl groups is 1. The maximum absolute atomic E-state index is 12.5. The van der Waals surface area contributed by atoms with Crippen molar-refractivity contribution in [3.63, 3.8) is 0 Å². The van der Waals surface area contributed by atoms with Gasteiger partial charge in [0.1, 0.15) is 0 Å². The van der Waals surface area contributed by atoms with E-state index in [0.717, 1.165) is 4.68 Å². The molecule has 0 aliphatic rings. The second-order valence-corrected chi connectivity index (χ2v) is 4.14. The fraction of sp³-hybridized carbons (Fsp3) is 0.667. The summed E-state index contributed by atoms with van der Waals surface area (Å²) in [7, 11) is 0. The third kappa shape index (κ3) is 2.32. The molecule has 16 heavy (non-hydrogen) atoms. The predicted octanol–water partition coefficient (Wildman–Crippen LogP) is 3.19. The Morgan fingerprint density at radius 3 is 2.06 bits per heavy atom. The third-order valence-electron chi connectivity index (χ3n) is 2.04. The standard InChI is InChI=1S/C9H12ClF3N2O/c1-4(2)15-7(5(3)16)6(10)8(14-15)9(11,12)13/h4-5,16H,1-3H3. The van der Waals surface area contributed by atoms with E-state index in [1.54, 1.807) is 13.8 Å². The third-order valence-corrected chi connectivity index (χ3v) is 2.41. The minimum absolute atomic E-state index is 0.0102. The van der Waals surface area contributed by atoms with Crippen molar-refractivity contribution in [2.24, 2.45) is 0 Å². The molecule has 0 bridgehead atoms. The highest BCUT2D eigenvalue weighted by Crippen LogP contribution is 2.38. The molecule has 1 aromatic heterocycles. The summed E-state index contributed by atoms with van der Waals surface area (Å²) in [5, 5.41) is 12.3. The molecule has 0 radical (unpaired) electrons. The summed E-state index contributed by atoms with van der Waals surface area (Å²) in [6, 6.07) is -0.307. The van der Waals surface area contributed by atoms with Crippen LogP contribution in [-0.2, 0) is 6.18 Å². The lowest BCUT2D eigenvalue weighted by Crippen LogP contribution is -2.11. The minimum atomic E-state index is -4.61. The first kappa shape index (κ1) is 13.3. The Kier molecular flexibility index (Phi) is 3.54. The normalized spacial score (nSPS) is 14.6. The second-order valence-electron chi connectivity index (χ2n) is 3.76. The van der Waals surface area contributed by atoms with E-state index in [0.29, 0.717) is 0 Å². The number of aromatic nitrogens is 2. The summed E-state index contributed by atoms with van der Waals surface area (Å²) >= 11 is 5.59. The molecule has 92 valence electrons. The molecular formula is C9H12ClF3N2O. The van der Waals surface area contributed by atoms with Crippen LogP contribution in [0.5, 0.6) is 0 Å². The molecule has 0 fully saturated rings. The van der Waals surface area contributed by atoms with Crippen molar-refractivity contribution in [3.8, 4) is 0 Å². The number of aliphatic hydroxyl groups excluding tert-OH is 1. The highest BCUT2D eigenvalue weighted by atomic mass is 35.5. The van der Waals surface area contributed by atoms with Crippen molar-refractivity contribution in [2.75, 3.05) is 0 Å². The van der Waals surface area contributed by atoms with Gasteiger partial charge in [0.25, 0.3) is 0 Å². The van der Waals surface area contributed by atoms with Crippen LogP contribution in [0.4, 0.5) is 13.2 Å². The molecule has 1 atom stereocenters. The van der Waals surface area contributed by atoms with Crippen LogP contribution in [0.15, 0.2) is 0 Å². The molecule has 0 saturated heterocycles. The number of hydrogen-bond acceptors (Lipinski definition) is 2. The van der Waals surface area contributed by atoms with E-state index in [-0.39, 0.29) is 11.7 Å². The van der Waals surface area contributed by atoms with Crippen LogP contribution in [0.2, 0.25) is 5.02 Å². The average Bonchev–Trinajstić information content (AvgIpc) is 2.41. The fourth-order valence-corrected chi connectivity index (χ4v) is 1.77. The lowest BCUT2D eigenvalue weighted by atomic mass is 10.2. The van der Waals surface area contributed by atoms with Gasteiger partial charge in [0.05, 0.1) is 16.8 Å². The number of nitrogens with zero attached hydrogens (tertiary/aromatic N) is 2. The van der Waals surface area contributed by atoms with Crippen molar-refractivity contribution in [3.05, 3.63) is 16.4 Å². The molecule has 0 aromatic carbocycles. The number of rotatable bonds is 2. The first-order chi connectivity index (χ1) is 7.16. The number of alkyl halides is 3. The zero-order valence-electron chi connectivity index (χ0n) is 9.01. The van der Waals surface area contributed by atoms with Gasteiger partial charge in [-0.05, 0) is 20.8 Å². The van der Waals surface area contributed by atoms with Gasteiger partial charge >= 0.3 is 6.18 Å². The van der Waals surface area contributed by atoms with Gasteiger partial charge < -0.3 is 5.11 Å². The zero-order chi connectivity index (χ0) is 12.7. The van der Waals surface area contributed by atoms with E-state index in [1.807, 2.05) is 0 Å². The van der Waals surface area contributed by atoms with Crippen LogP contribution in [0.1, 0.15) is 44.3 Å². The molecule has 1 aromatic rings. The Labute approximate surface area is 95.8 Å². The van der Waals surface area contributed by atoms with Gasteiger partial charge in [-0.15, -0.1) is 0 Å². The Morgan fingerprint density at radius 2 is 1.81 bits per heavy atom. The summed E-state index contributed by atoms with van der Waals surface area (Å²) in [5.41, 5.74) is -1.16. The molecule has 1 heterocycles. The topological polar surface area (TPSA) is 38.1 Å². The maximum Gasteiger partial charge on any atom is 0.436 e. The zero-order valence-corrected chi connectivity index (χ0v) is 9.76. The van der Waals surface area contributed by atoms with E-state index in [1.165, 1.54) is 6.92 Å². The SMILES string of the molecule is CC(O)c1c(Cl)c(C(F)(F)F)nn1C(C)C. The number of halogens is 4. The molecular weight excluding hydrogens is 245 g/mol. The molecule has 1 unspecified atom stereocenters. The Hall–Kier alpha value is -0.750.